The first kappa shape index (κ1) is 22.8. The zero-order valence-corrected chi connectivity index (χ0v) is 20.4. The molecule has 8 heteroatoms. The third-order valence-corrected chi connectivity index (χ3v) is 7.31. The molecule has 0 spiro atoms. The van der Waals surface area contributed by atoms with Gasteiger partial charge in [-0.25, -0.2) is 4.98 Å². The molecule has 8 nitrogen and oxygen atoms in total. The van der Waals surface area contributed by atoms with E-state index in [9.17, 15) is 5.26 Å². The predicted octanol–water partition coefficient (Wildman–Crippen LogP) is 4.21. The molecule has 2 aliphatic heterocycles. The van der Waals surface area contributed by atoms with Gasteiger partial charge in [0.1, 0.15) is 17.6 Å². The Morgan fingerprint density at radius 1 is 1.12 bits per heavy atom. The molecule has 3 aromatic rings. The molecule has 2 aromatic heterocycles. The molecule has 2 atom stereocenters. The molecule has 5 rings (SSSR count). The van der Waals surface area contributed by atoms with Crippen molar-refractivity contribution in [3.8, 4) is 17.4 Å². The maximum atomic E-state index is 9.83. The van der Waals surface area contributed by atoms with Crippen LogP contribution in [0.5, 0.6) is 0 Å². The summed E-state index contributed by atoms with van der Waals surface area (Å²) in [4.78, 5) is 7.48. The predicted molar refractivity (Wildman–Crippen MR) is 131 cm³/mol. The van der Waals surface area contributed by atoms with Gasteiger partial charge >= 0.3 is 0 Å². The summed E-state index contributed by atoms with van der Waals surface area (Å²) < 4.78 is 11.2. The Bertz CT molecular complexity index is 1240. The molecule has 0 saturated carbocycles. The van der Waals surface area contributed by atoms with Crippen LogP contribution in [0.1, 0.15) is 55.0 Å². The highest BCUT2D eigenvalue weighted by atomic mass is 16.5. The number of hydrogen-bond donors (Lipinski definition) is 1. The second-order valence-corrected chi connectivity index (χ2v) is 9.76. The van der Waals surface area contributed by atoms with E-state index in [1.54, 1.807) is 0 Å². The van der Waals surface area contributed by atoms with Crippen LogP contribution in [0.25, 0.3) is 22.2 Å². The van der Waals surface area contributed by atoms with E-state index >= 15 is 0 Å². The van der Waals surface area contributed by atoms with Gasteiger partial charge in [-0.15, -0.1) is 5.10 Å². The zero-order valence-electron chi connectivity index (χ0n) is 20.4. The van der Waals surface area contributed by atoms with Gasteiger partial charge < -0.3 is 19.5 Å². The van der Waals surface area contributed by atoms with Crippen molar-refractivity contribution in [1.82, 2.24) is 20.7 Å². The van der Waals surface area contributed by atoms with Crippen LogP contribution in [0.2, 0.25) is 0 Å². The number of nitrogens with one attached hydrogen (secondary N) is 1. The molecule has 0 amide bonds. The number of ether oxygens (including phenoxy) is 1. The van der Waals surface area contributed by atoms with E-state index in [2.05, 4.69) is 46.6 Å². The van der Waals surface area contributed by atoms with E-state index in [-0.39, 0.29) is 6.04 Å². The second kappa shape index (κ2) is 9.32. The van der Waals surface area contributed by atoms with Crippen molar-refractivity contribution in [3.63, 3.8) is 0 Å². The fraction of sp³-hybridized carbons (Fsp3) is 0.538. The Morgan fingerprint density at radius 3 is 2.59 bits per heavy atom. The fourth-order valence-electron chi connectivity index (χ4n) is 5.51. The average molecular weight is 461 g/mol. The number of aryl methyl sites for hydroxylation is 3. The van der Waals surface area contributed by atoms with Gasteiger partial charge in [-0.1, -0.05) is 0 Å². The van der Waals surface area contributed by atoms with Gasteiger partial charge in [0.25, 0.3) is 0 Å². The van der Waals surface area contributed by atoms with Crippen molar-refractivity contribution in [2.24, 2.45) is 0 Å². The van der Waals surface area contributed by atoms with E-state index in [1.165, 1.54) is 0 Å². The molecule has 0 unspecified atom stereocenters. The number of rotatable bonds is 4. The molecule has 2 saturated heterocycles. The van der Waals surface area contributed by atoms with Gasteiger partial charge in [-0.05, 0) is 76.6 Å². The number of hydrogen-bond acceptors (Lipinski definition) is 8. The molecule has 34 heavy (non-hydrogen) atoms. The van der Waals surface area contributed by atoms with E-state index in [4.69, 9.17) is 14.2 Å². The van der Waals surface area contributed by atoms with E-state index in [0.717, 1.165) is 84.5 Å². The topological polar surface area (TPSA) is 100 Å². The molecule has 4 heterocycles. The molecule has 178 valence electrons. The Morgan fingerprint density at radius 2 is 1.91 bits per heavy atom. The Hall–Kier alpha value is -3.02. The summed E-state index contributed by atoms with van der Waals surface area (Å²) in [5.41, 5.74) is 5.07. The van der Waals surface area contributed by atoms with Crippen molar-refractivity contribution in [3.05, 3.63) is 34.5 Å². The standard InChI is InChI=1S/C26H32N6O2/c1-15-11-19(14-27)24-22(12-15)17(3)23(25-18(4)30-31-34-25)26(29-24)32-8-5-21(13-16(32)2)28-20-6-9-33-10-7-20/h11-12,16,20-21,28H,5-10,13H2,1-4H3/t16-,21-/m1/s1. The number of fused-ring (bicyclic) bond motifs is 1. The summed E-state index contributed by atoms with van der Waals surface area (Å²) in [5, 5.41) is 22.6. The van der Waals surface area contributed by atoms with Crippen molar-refractivity contribution >= 4 is 16.7 Å². The third kappa shape index (κ3) is 4.15. The molecule has 2 aliphatic rings. The minimum absolute atomic E-state index is 0.279. The number of nitriles is 1. The number of pyridine rings is 1. The summed E-state index contributed by atoms with van der Waals surface area (Å²) in [6, 6.07) is 7.65. The summed E-state index contributed by atoms with van der Waals surface area (Å²) >= 11 is 0. The minimum atomic E-state index is 0.279. The highest BCUT2D eigenvalue weighted by molar-refractivity contribution is 5.96. The highest BCUT2D eigenvalue weighted by Crippen LogP contribution is 2.40. The third-order valence-electron chi connectivity index (χ3n) is 7.31. The van der Waals surface area contributed by atoms with Crippen molar-refractivity contribution < 1.29 is 9.26 Å². The number of benzene rings is 1. The SMILES string of the molecule is Cc1cc(C#N)c2nc(N3CC[C@@H](NC4CCOCC4)C[C@H]3C)c(-c3onnc3C)c(C)c2c1. The number of aromatic nitrogens is 3. The summed E-state index contributed by atoms with van der Waals surface area (Å²) in [6.07, 6.45) is 4.23. The average Bonchev–Trinajstić information content (AvgIpc) is 3.25. The van der Waals surface area contributed by atoms with Gasteiger partial charge in [0.05, 0.1) is 16.6 Å². The quantitative estimate of drug-likeness (QED) is 0.618. The maximum Gasteiger partial charge on any atom is 0.194 e. The maximum absolute atomic E-state index is 9.83. The van der Waals surface area contributed by atoms with Gasteiger partial charge in [0.15, 0.2) is 5.76 Å². The lowest BCUT2D eigenvalue weighted by Crippen LogP contribution is -2.51. The van der Waals surface area contributed by atoms with Gasteiger partial charge in [-0.2, -0.15) is 5.26 Å². The Kier molecular flexibility index (Phi) is 6.24. The van der Waals surface area contributed by atoms with E-state index in [1.807, 2.05) is 19.9 Å². The smallest absolute Gasteiger partial charge is 0.194 e. The first-order valence-corrected chi connectivity index (χ1v) is 12.2. The molecule has 2 fully saturated rings. The fourth-order valence-corrected chi connectivity index (χ4v) is 5.51. The molecule has 1 N–H and O–H groups in total. The van der Waals surface area contributed by atoms with Gasteiger partial charge in [0.2, 0.25) is 0 Å². The zero-order chi connectivity index (χ0) is 23.8. The molecular formula is C26H32N6O2. The second-order valence-electron chi connectivity index (χ2n) is 9.76. The molecule has 0 bridgehead atoms. The monoisotopic (exact) mass is 460 g/mol. The van der Waals surface area contributed by atoms with E-state index < -0.39 is 0 Å². The first-order valence-electron chi connectivity index (χ1n) is 12.2. The number of nitrogens with zero attached hydrogens (tertiary/aromatic N) is 5. The van der Waals surface area contributed by atoms with E-state index in [0.29, 0.717) is 23.4 Å². The lowest BCUT2D eigenvalue weighted by Gasteiger charge is -2.41. The Labute approximate surface area is 200 Å². The lowest BCUT2D eigenvalue weighted by atomic mass is 9.93. The van der Waals surface area contributed by atoms with Crippen LogP contribution in [-0.2, 0) is 4.74 Å². The summed E-state index contributed by atoms with van der Waals surface area (Å²) in [5.74, 6) is 1.50. The summed E-state index contributed by atoms with van der Waals surface area (Å²) in [7, 11) is 0. The molecular weight excluding hydrogens is 428 g/mol. The largest absolute Gasteiger partial charge is 0.381 e. The van der Waals surface area contributed by atoms with Crippen LogP contribution in [0, 0.1) is 32.1 Å². The first-order chi connectivity index (χ1) is 16.5. The van der Waals surface area contributed by atoms with Crippen molar-refractivity contribution in [2.75, 3.05) is 24.7 Å². The van der Waals surface area contributed by atoms with Crippen LogP contribution < -0.4 is 10.2 Å². The minimum Gasteiger partial charge on any atom is -0.381 e. The van der Waals surface area contributed by atoms with Crippen molar-refractivity contribution in [1.29, 1.82) is 5.26 Å². The normalized spacial score (nSPS) is 21.7. The van der Waals surface area contributed by atoms with Crippen LogP contribution in [0.4, 0.5) is 5.82 Å². The summed E-state index contributed by atoms with van der Waals surface area (Å²) in [6.45, 7) is 10.8. The van der Waals surface area contributed by atoms with Crippen LogP contribution in [0.15, 0.2) is 16.7 Å². The molecule has 1 aromatic carbocycles. The van der Waals surface area contributed by atoms with Crippen molar-refractivity contribution in [2.45, 2.75) is 71.5 Å². The lowest BCUT2D eigenvalue weighted by molar-refractivity contribution is 0.0733. The highest BCUT2D eigenvalue weighted by Gasteiger charge is 2.32. The Balaban J connectivity index is 1.55. The molecule has 0 aliphatic carbocycles. The molecule has 0 radical (unpaired) electrons. The van der Waals surface area contributed by atoms with Crippen LogP contribution in [-0.4, -0.2) is 53.2 Å². The van der Waals surface area contributed by atoms with Gasteiger partial charge in [-0.3, -0.25) is 0 Å². The number of anilines is 1. The van der Waals surface area contributed by atoms with Crippen LogP contribution >= 0.6 is 0 Å². The van der Waals surface area contributed by atoms with Gasteiger partial charge in [0, 0.05) is 48.5 Å². The number of piperidine rings is 1. The van der Waals surface area contributed by atoms with Crippen LogP contribution in [0.3, 0.4) is 0 Å².